The molecular weight excluding hydrogens is 594 g/mol. The van der Waals surface area contributed by atoms with E-state index in [1.54, 1.807) is 14.2 Å². The van der Waals surface area contributed by atoms with Crippen LogP contribution in [0.5, 0.6) is 5.75 Å². The number of nitrogens with one attached hydrogen (secondary N) is 1. The Morgan fingerprint density at radius 1 is 0.851 bits per heavy atom. The molecule has 7 atom stereocenters. The molecule has 0 aromatic heterocycles. The molecule has 6 rings (SSSR count). The minimum Gasteiger partial charge on any atom is -0.501 e. The Balaban J connectivity index is 1.26. The van der Waals surface area contributed by atoms with Crippen molar-refractivity contribution >= 4 is 11.9 Å². The molecule has 0 spiro atoms. The minimum absolute atomic E-state index is 0.0773. The molecule has 1 amide bonds. The summed E-state index contributed by atoms with van der Waals surface area (Å²) in [5.41, 5.74) is 2.54. The third kappa shape index (κ3) is 7.42. The number of allylic oxidation sites excluding steroid dienone is 2. The quantitative estimate of drug-likeness (QED) is 0.422. The van der Waals surface area contributed by atoms with Crippen LogP contribution >= 0.6 is 0 Å². The van der Waals surface area contributed by atoms with E-state index >= 15 is 0 Å². The standard InChI is InChI=1S/C38H55N3O6/c1-24-5-6-26(38(43)44)17-18-39-36-19-30(47-4)15-16-31(36)34-22-41(20-32(24)34)37(42)35-23-40(27-9-13-29(46-3)14-10-27)21-33(35)25-7-11-28(45-2)12-8-25/h7-8,11-12,15-16,24,26-27,29,32-36,39H,5-6,9-10,13-14,17-23H2,1-4H3,(H,43,44)/t24-,26?,27?,29?,32?,33+,34-,35-,36?/m1/s1. The highest BCUT2D eigenvalue weighted by molar-refractivity contribution is 5.81. The molecule has 0 bridgehead atoms. The Bertz CT molecular complexity index is 1300. The predicted octanol–water partition coefficient (Wildman–Crippen LogP) is 5.08. The van der Waals surface area contributed by atoms with E-state index in [4.69, 9.17) is 14.2 Å². The molecule has 3 saturated heterocycles. The molecule has 47 heavy (non-hydrogen) atoms. The lowest BCUT2D eigenvalue weighted by atomic mass is 9.75. The fourth-order valence-corrected chi connectivity index (χ4v) is 9.31. The summed E-state index contributed by atoms with van der Waals surface area (Å²) < 4.78 is 16.8. The second kappa shape index (κ2) is 15.1. The largest absolute Gasteiger partial charge is 0.501 e. The number of hydrogen-bond donors (Lipinski definition) is 2. The number of rotatable bonds is 7. The second-order valence-electron chi connectivity index (χ2n) is 14.7. The molecule has 9 nitrogen and oxygen atoms in total. The zero-order valence-corrected chi connectivity index (χ0v) is 28.7. The number of benzene rings is 1. The average Bonchev–Trinajstić information content (AvgIpc) is 3.75. The van der Waals surface area contributed by atoms with Crippen molar-refractivity contribution < 1.29 is 28.9 Å². The molecular formula is C38H55N3O6. The Morgan fingerprint density at radius 2 is 1.62 bits per heavy atom. The summed E-state index contributed by atoms with van der Waals surface area (Å²) in [6.45, 7) is 6.03. The van der Waals surface area contributed by atoms with E-state index in [-0.39, 0.29) is 41.5 Å². The number of ether oxygens (including phenoxy) is 3. The first-order chi connectivity index (χ1) is 22.8. The van der Waals surface area contributed by atoms with Gasteiger partial charge < -0.3 is 29.5 Å². The number of likely N-dealkylation sites (tertiary alicyclic amines) is 2. The number of aliphatic carboxylic acids is 1. The molecule has 2 N–H and O–H groups in total. The van der Waals surface area contributed by atoms with Crippen molar-refractivity contribution in [3.63, 3.8) is 0 Å². The first kappa shape index (κ1) is 34.0. The normalized spacial score (nSPS) is 35.1. The average molecular weight is 650 g/mol. The van der Waals surface area contributed by atoms with Gasteiger partial charge in [0.1, 0.15) is 5.75 Å². The minimum atomic E-state index is -0.707. The van der Waals surface area contributed by atoms with Gasteiger partial charge in [-0.3, -0.25) is 14.5 Å². The lowest BCUT2D eigenvalue weighted by molar-refractivity contribution is -0.142. The topological polar surface area (TPSA) is 101 Å². The van der Waals surface area contributed by atoms with Gasteiger partial charge in [-0.25, -0.2) is 0 Å². The lowest BCUT2D eigenvalue weighted by Gasteiger charge is -2.34. The van der Waals surface area contributed by atoms with Crippen molar-refractivity contribution in [3.05, 3.63) is 53.3 Å². The van der Waals surface area contributed by atoms with Crippen LogP contribution in [0.15, 0.2) is 47.7 Å². The molecule has 9 heteroatoms. The molecule has 2 aliphatic carbocycles. The Labute approximate surface area is 280 Å². The highest BCUT2D eigenvalue weighted by Crippen LogP contribution is 2.44. The third-order valence-corrected chi connectivity index (χ3v) is 12.3. The number of nitrogens with zero attached hydrogens (tertiary/aromatic N) is 2. The number of carbonyl (C=O) groups excluding carboxylic acids is 1. The summed E-state index contributed by atoms with van der Waals surface area (Å²) in [4.78, 5) is 31.7. The van der Waals surface area contributed by atoms with Crippen LogP contribution in [-0.4, -0.2) is 99.0 Å². The van der Waals surface area contributed by atoms with Crippen molar-refractivity contribution in [1.82, 2.24) is 15.1 Å². The molecule has 5 aliphatic rings. The number of carbonyl (C=O) groups is 2. The van der Waals surface area contributed by atoms with Crippen molar-refractivity contribution in [2.45, 2.75) is 82.4 Å². The van der Waals surface area contributed by atoms with Gasteiger partial charge in [-0.15, -0.1) is 0 Å². The number of fused-ring (bicyclic) bond motifs is 3. The first-order valence-corrected chi connectivity index (χ1v) is 17.9. The fraction of sp³-hybridized carbons (Fsp3) is 0.684. The Kier molecular flexibility index (Phi) is 10.9. The summed E-state index contributed by atoms with van der Waals surface area (Å²) in [7, 11) is 5.22. The van der Waals surface area contributed by atoms with Gasteiger partial charge in [0, 0.05) is 63.6 Å². The molecule has 1 aromatic rings. The molecule has 4 fully saturated rings. The Morgan fingerprint density at radius 3 is 2.30 bits per heavy atom. The SMILES string of the molecule is COC1=CC=C2C(C1)NCCC(C(=O)O)CC[C@@H](C)C1CN(C(=O)[C@@H]3CN(C4CCC(OC)CC4)C[C@H]3c3ccc(OC)cc3)C[C@H]21. The lowest BCUT2D eigenvalue weighted by Crippen LogP contribution is -2.41. The summed E-state index contributed by atoms with van der Waals surface area (Å²) in [6.07, 6.45) is 11.9. The number of methoxy groups -OCH3 is 3. The summed E-state index contributed by atoms with van der Waals surface area (Å²) in [5, 5.41) is 13.7. The monoisotopic (exact) mass is 649 g/mol. The van der Waals surface area contributed by atoms with E-state index in [2.05, 4.69) is 46.3 Å². The van der Waals surface area contributed by atoms with E-state index < -0.39 is 5.97 Å². The third-order valence-electron chi connectivity index (χ3n) is 12.3. The second-order valence-corrected chi connectivity index (χ2v) is 14.7. The van der Waals surface area contributed by atoms with Gasteiger partial charge in [-0.2, -0.15) is 0 Å². The number of carboxylic acids is 1. The van der Waals surface area contributed by atoms with Crippen LogP contribution in [0.25, 0.3) is 0 Å². The van der Waals surface area contributed by atoms with Crippen LogP contribution < -0.4 is 10.1 Å². The van der Waals surface area contributed by atoms with E-state index in [9.17, 15) is 14.7 Å². The smallest absolute Gasteiger partial charge is 0.306 e. The number of carboxylic acid groups (broad SMARTS) is 1. The van der Waals surface area contributed by atoms with Crippen LogP contribution in [0, 0.1) is 29.6 Å². The Hall–Kier alpha value is -2.88. The summed E-state index contributed by atoms with van der Waals surface area (Å²) in [5.74, 6) is 1.79. The van der Waals surface area contributed by atoms with Crippen LogP contribution in [0.4, 0.5) is 0 Å². The maximum atomic E-state index is 14.8. The van der Waals surface area contributed by atoms with E-state index in [0.29, 0.717) is 44.0 Å². The van der Waals surface area contributed by atoms with Gasteiger partial charge in [-0.05, 0) is 92.7 Å². The van der Waals surface area contributed by atoms with Crippen LogP contribution in [0.3, 0.4) is 0 Å². The van der Waals surface area contributed by atoms with Gasteiger partial charge in [-0.1, -0.05) is 25.1 Å². The molecule has 3 unspecified atom stereocenters. The van der Waals surface area contributed by atoms with Crippen molar-refractivity contribution in [1.29, 1.82) is 0 Å². The molecule has 0 radical (unpaired) electrons. The molecule has 1 saturated carbocycles. The summed E-state index contributed by atoms with van der Waals surface area (Å²) >= 11 is 0. The van der Waals surface area contributed by atoms with Crippen LogP contribution in [0.1, 0.15) is 69.8 Å². The van der Waals surface area contributed by atoms with Crippen LogP contribution in [-0.2, 0) is 19.1 Å². The van der Waals surface area contributed by atoms with Gasteiger partial charge in [0.2, 0.25) is 5.91 Å². The van der Waals surface area contributed by atoms with Gasteiger partial charge in [0.15, 0.2) is 0 Å². The maximum Gasteiger partial charge on any atom is 0.306 e. The summed E-state index contributed by atoms with van der Waals surface area (Å²) in [6, 6.07) is 8.89. The van der Waals surface area contributed by atoms with Gasteiger partial charge >= 0.3 is 5.97 Å². The zero-order chi connectivity index (χ0) is 33.1. The molecule has 3 aliphatic heterocycles. The first-order valence-electron chi connectivity index (χ1n) is 17.9. The highest BCUT2D eigenvalue weighted by Gasteiger charge is 2.48. The van der Waals surface area contributed by atoms with Crippen molar-refractivity contribution in [2.24, 2.45) is 29.6 Å². The highest BCUT2D eigenvalue weighted by atomic mass is 16.5. The molecule has 258 valence electrons. The van der Waals surface area contributed by atoms with Gasteiger partial charge in [0.25, 0.3) is 0 Å². The fourth-order valence-electron chi connectivity index (χ4n) is 9.31. The van der Waals surface area contributed by atoms with E-state index in [0.717, 1.165) is 69.7 Å². The van der Waals surface area contributed by atoms with Crippen molar-refractivity contribution in [2.75, 3.05) is 54.1 Å². The van der Waals surface area contributed by atoms with E-state index in [1.165, 1.54) is 11.1 Å². The maximum absolute atomic E-state index is 14.8. The molecule has 3 heterocycles. The predicted molar refractivity (Wildman–Crippen MR) is 181 cm³/mol. The van der Waals surface area contributed by atoms with Gasteiger partial charge in [0.05, 0.1) is 37.9 Å². The molecule has 1 aromatic carbocycles. The van der Waals surface area contributed by atoms with E-state index in [1.807, 2.05) is 19.2 Å². The van der Waals surface area contributed by atoms with Crippen LogP contribution in [0.2, 0.25) is 0 Å². The number of amides is 1. The zero-order valence-electron chi connectivity index (χ0n) is 28.7. The van der Waals surface area contributed by atoms with Crippen molar-refractivity contribution in [3.8, 4) is 5.75 Å². The number of hydrogen-bond acceptors (Lipinski definition) is 7.